The van der Waals surface area contributed by atoms with Crippen LogP contribution in [0.4, 0.5) is 0 Å². The van der Waals surface area contributed by atoms with Crippen LogP contribution in [-0.2, 0) is 10.5 Å². The molecule has 2 aromatic rings. The molecule has 4 N–H and O–H groups in total. The van der Waals surface area contributed by atoms with Crippen molar-refractivity contribution in [3.05, 3.63) is 23.0 Å². The van der Waals surface area contributed by atoms with Gasteiger partial charge in [0.15, 0.2) is 16.9 Å². The normalized spacial score (nSPS) is 33.9. The van der Waals surface area contributed by atoms with Gasteiger partial charge in [-0.15, -0.1) is 0 Å². The van der Waals surface area contributed by atoms with Gasteiger partial charge < -0.3 is 25.0 Å². The van der Waals surface area contributed by atoms with Crippen molar-refractivity contribution in [2.75, 3.05) is 6.61 Å². The SMILES string of the molecule is C[C@@]1(n2cnc3c(=O)[nH]cnc32)O[C@H](CO)C(O)C1O. The van der Waals surface area contributed by atoms with Crippen LogP contribution in [0.2, 0.25) is 0 Å². The third kappa shape index (κ3) is 1.61. The molecule has 9 nitrogen and oxygen atoms in total. The number of nitrogens with one attached hydrogen (secondary N) is 1. The summed E-state index contributed by atoms with van der Waals surface area (Å²) in [6, 6.07) is 0. The van der Waals surface area contributed by atoms with E-state index in [1.807, 2.05) is 0 Å². The van der Waals surface area contributed by atoms with Crippen molar-refractivity contribution in [3.8, 4) is 0 Å². The molecule has 0 amide bonds. The first-order valence-corrected chi connectivity index (χ1v) is 6.05. The van der Waals surface area contributed by atoms with Crippen LogP contribution in [-0.4, -0.2) is 59.8 Å². The Morgan fingerprint density at radius 1 is 1.50 bits per heavy atom. The number of aromatic nitrogens is 4. The number of aliphatic hydroxyl groups is 3. The molecule has 20 heavy (non-hydrogen) atoms. The fourth-order valence-corrected chi connectivity index (χ4v) is 2.48. The maximum atomic E-state index is 11.6. The number of fused-ring (bicyclic) bond motifs is 1. The Labute approximate surface area is 112 Å². The van der Waals surface area contributed by atoms with E-state index in [0.29, 0.717) is 0 Å². The zero-order chi connectivity index (χ0) is 14.5. The Kier molecular flexibility index (Phi) is 2.87. The molecule has 0 radical (unpaired) electrons. The van der Waals surface area contributed by atoms with E-state index in [4.69, 9.17) is 9.84 Å². The molecule has 0 spiro atoms. The van der Waals surface area contributed by atoms with Crippen molar-refractivity contribution < 1.29 is 20.1 Å². The van der Waals surface area contributed by atoms with Crippen molar-refractivity contribution in [1.82, 2.24) is 19.5 Å². The molecule has 2 unspecified atom stereocenters. The number of ether oxygens (including phenoxy) is 1. The van der Waals surface area contributed by atoms with Gasteiger partial charge in [-0.05, 0) is 6.92 Å². The largest absolute Gasteiger partial charge is 0.394 e. The summed E-state index contributed by atoms with van der Waals surface area (Å²) in [6.07, 6.45) is -0.937. The molecule has 1 saturated heterocycles. The summed E-state index contributed by atoms with van der Waals surface area (Å²) in [5, 5.41) is 29.2. The maximum Gasteiger partial charge on any atom is 0.278 e. The topological polar surface area (TPSA) is 133 Å². The van der Waals surface area contributed by atoms with E-state index < -0.39 is 36.2 Å². The number of nitrogens with zero attached hydrogens (tertiary/aromatic N) is 3. The molecule has 1 aliphatic heterocycles. The van der Waals surface area contributed by atoms with Gasteiger partial charge in [-0.1, -0.05) is 0 Å². The predicted octanol–water partition coefficient (Wildman–Crippen LogP) is -2.09. The number of rotatable bonds is 2. The Balaban J connectivity index is 2.15. The predicted molar refractivity (Wildman–Crippen MR) is 65.8 cm³/mol. The molecule has 0 saturated carbocycles. The molecule has 3 heterocycles. The quantitative estimate of drug-likeness (QED) is 0.496. The van der Waals surface area contributed by atoms with Crippen LogP contribution in [0.5, 0.6) is 0 Å². The first kappa shape index (κ1) is 13.2. The molecular formula is C11H14N4O5. The highest BCUT2D eigenvalue weighted by Gasteiger charge is 2.52. The molecule has 1 fully saturated rings. The van der Waals surface area contributed by atoms with Gasteiger partial charge in [0.25, 0.3) is 5.56 Å². The average Bonchev–Trinajstić information content (AvgIpc) is 2.96. The lowest BCUT2D eigenvalue weighted by atomic mass is 10.0. The second-order valence-electron chi connectivity index (χ2n) is 4.85. The minimum Gasteiger partial charge on any atom is -0.394 e. The van der Waals surface area contributed by atoms with Gasteiger partial charge in [-0.3, -0.25) is 9.36 Å². The van der Waals surface area contributed by atoms with Crippen molar-refractivity contribution >= 4 is 11.2 Å². The number of aliphatic hydroxyl groups excluding tert-OH is 3. The van der Waals surface area contributed by atoms with Gasteiger partial charge in [0.1, 0.15) is 18.3 Å². The Hall–Kier alpha value is -1.81. The summed E-state index contributed by atoms with van der Waals surface area (Å²) in [6.45, 7) is 1.09. The van der Waals surface area contributed by atoms with Crippen LogP contribution < -0.4 is 5.56 Å². The van der Waals surface area contributed by atoms with Crippen LogP contribution in [0, 0.1) is 0 Å². The van der Waals surface area contributed by atoms with Crippen molar-refractivity contribution in [3.63, 3.8) is 0 Å². The van der Waals surface area contributed by atoms with Crippen molar-refractivity contribution in [1.29, 1.82) is 0 Å². The van der Waals surface area contributed by atoms with Crippen LogP contribution in [0.3, 0.4) is 0 Å². The highest BCUT2D eigenvalue weighted by molar-refractivity contribution is 5.69. The van der Waals surface area contributed by atoms with E-state index in [9.17, 15) is 15.0 Å². The van der Waals surface area contributed by atoms with Crippen LogP contribution >= 0.6 is 0 Å². The summed E-state index contributed by atoms with van der Waals surface area (Å²) in [7, 11) is 0. The Bertz CT molecular complexity index is 697. The van der Waals surface area contributed by atoms with E-state index >= 15 is 0 Å². The first-order valence-electron chi connectivity index (χ1n) is 6.05. The second kappa shape index (κ2) is 4.35. The molecular weight excluding hydrogens is 268 g/mol. The number of H-pyrrole nitrogens is 1. The van der Waals surface area contributed by atoms with Gasteiger partial charge in [0.2, 0.25) is 0 Å². The molecule has 4 atom stereocenters. The van der Waals surface area contributed by atoms with Gasteiger partial charge in [-0.25, -0.2) is 9.97 Å². The number of aromatic amines is 1. The summed E-state index contributed by atoms with van der Waals surface area (Å²) >= 11 is 0. The van der Waals surface area contributed by atoms with Crippen LogP contribution in [0.15, 0.2) is 17.4 Å². The molecule has 1 aliphatic rings. The van der Waals surface area contributed by atoms with E-state index in [1.165, 1.54) is 24.1 Å². The van der Waals surface area contributed by atoms with E-state index in [1.54, 1.807) is 0 Å². The number of imidazole rings is 1. The zero-order valence-corrected chi connectivity index (χ0v) is 10.6. The monoisotopic (exact) mass is 282 g/mol. The van der Waals surface area contributed by atoms with E-state index in [2.05, 4.69) is 15.0 Å². The summed E-state index contributed by atoms with van der Waals surface area (Å²) < 4.78 is 6.91. The Morgan fingerprint density at radius 2 is 2.25 bits per heavy atom. The zero-order valence-electron chi connectivity index (χ0n) is 10.6. The van der Waals surface area contributed by atoms with Crippen molar-refractivity contribution in [2.24, 2.45) is 0 Å². The van der Waals surface area contributed by atoms with Crippen LogP contribution in [0.1, 0.15) is 6.92 Å². The molecule has 0 aliphatic carbocycles. The second-order valence-corrected chi connectivity index (χ2v) is 4.85. The van der Waals surface area contributed by atoms with Crippen molar-refractivity contribution in [2.45, 2.75) is 31.0 Å². The highest BCUT2D eigenvalue weighted by Crippen LogP contribution is 2.36. The maximum absolute atomic E-state index is 11.6. The minimum absolute atomic E-state index is 0.103. The summed E-state index contributed by atoms with van der Waals surface area (Å²) in [5.41, 5.74) is -1.46. The van der Waals surface area contributed by atoms with E-state index in [-0.39, 0.29) is 11.2 Å². The molecule has 108 valence electrons. The van der Waals surface area contributed by atoms with Crippen LogP contribution in [0.25, 0.3) is 11.2 Å². The lowest BCUT2D eigenvalue weighted by molar-refractivity contribution is -0.132. The summed E-state index contributed by atoms with van der Waals surface area (Å²) in [4.78, 5) is 22.0. The minimum atomic E-state index is -1.37. The summed E-state index contributed by atoms with van der Waals surface area (Å²) in [5.74, 6) is 0. The average molecular weight is 282 g/mol. The van der Waals surface area contributed by atoms with Gasteiger partial charge in [-0.2, -0.15) is 0 Å². The molecule has 9 heteroatoms. The Morgan fingerprint density at radius 3 is 2.90 bits per heavy atom. The smallest absolute Gasteiger partial charge is 0.278 e. The number of hydrogen-bond donors (Lipinski definition) is 4. The standard InChI is InChI=1S/C11H14N4O5/c1-11(8(18)7(17)5(2-16)20-11)15-4-14-6-9(15)12-3-13-10(6)19/h3-5,7-8,16-18H,2H2,1H3,(H,12,13,19)/t5-,7?,8?,11-/m1/s1. The highest BCUT2D eigenvalue weighted by atomic mass is 16.6. The lowest BCUT2D eigenvalue weighted by Gasteiger charge is -2.29. The fourth-order valence-electron chi connectivity index (χ4n) is 2.48. The lowest BCUT2D eigenvalue weighted by Crippen LogP contribution is -2.43. The van der Waals surface area contributed by atoms with Gasteiger partial charge in [0.05, 0.1) is 19.3 Å². The molecule has 3 rings (SSSR count). The third-order valence-corrected chi connectivity index (χ3v) is 3.64. The first-order chi connectivity index (χ1) is 9.49. The molecule has 2 aromatic heterocycles. The fraction of sp³-hybridized carbons (Fsp3) is 0.545. The van der Waals surface area contributed by atoms with Gasteiger partial charge in [0, 0.05) is 0 Å². The third-order valence-electron chi connectivity index (χ3n) is 3.64. The van der Waals surface area contributed by atoms with Gasteiger partial charge >= 0.3 is 0 Å². The van der Waals surface area contributed by atoms with E-state index in [0.717, 1.165) is 0 Å². The number of hydrogen-bond acceptors (Lipinski definition) is 7. The molecule has 0 bridgehead atoms. The molecule has 0 aromatic carbocycles.